The summed E-state index contributed by atoms with van der Waals surface area (Å²) < 4.78 is 0. The van der Waals surface area contributed by atoms with E-state index in [-0.39, 0.29) is 17.9 Å². The predicted molar refractivity (Wildman–Crippen MR) is 177 cm³/mol. The smallest absolute Gasteiger partial charge is 0.243 e. The molecular formula is C35H44N6O2S. The average Bonchev–Trinajstić information content (AvgIpc) is 3.86. The lowest BCUT2D eigenvalue weighted by atomic mass is 10.0. The first-order valence-electron chi connectivity index (χ1n) is 15.5. The molecule has 3 unspecified atom stereocenters. The minimum atomic E-state index is -0.756. The van der Waals surface area contributed by atoms with Crippen LogP contribution in [-0.4, -0.2) is 66.2 Å². The van der Waals surface area contributed by atoms with Gasteiger partial charge in [0.1, 0.15) is 17.9 Å². The van der Waals surface area contributed by atoms with Gasteiger partial charge < -0.3 is 21.3 Å². The summed E-state index contributed by atoms with van der Waals surface area (Å²) in [6, 6.07) is 23.1. The van der Waals surface area contributed by atoms with E-state index in [4.69, 9.17) is 5.73 Å². The Labute approximate surface area is 265 Å². The van der Waals surface area contributed by atoms with E-state index in [9.17, 15) is 15.0 Å². The maximum Gasteiger partial charge on any atom is 0.243 e. The lowest BCUT2D eigenvalue weighted by Gasteiger charge is -2.36. The van der Waals surface area contributed by atoms with Crippen molar-refractivity contribution in [2.75, 3.05) is 20.6 Å². The summed E-state index contributed by atoms with van der Waals surface area (Å²) in [7, 11) is 3.90. The molecule has 1 aliphatic carbocycles. The summed E-state index contributed by atoms with van der Waals surface area (Å²) in [5, 5.41) is 15.3. The van der Waals surface area contributed by atoms with E-state index in [1.165, 1.54) is 10.5 Å². The van der Waals surface area contributed by atoms with Gasteiger partial charge in [0.05, 0.1) is 6.04 Å². The van der Waals surface area contributed by atoms with Crippen LogP contribution in [0.3, 0.4) is 0 Å². The number of amides is 2. The molecule has 44 heavy (non-hydrogen) atoms. The topological polar surface area (TPSA) is 115 Å². The Bertz CT molecular complexity index is 1470. The van der Waals surface area contributed by atoms with E-state index >= 15 is 0 Å². The maximum atomic E-state index is 13.6. The molecule has 0 aromatic heterocycles. The molecule has 3 aromatic rings. The van der Waals surface area contributed by atoms with Crippen molar-refractivity contribution < 1.29 is 9.59 Å². The summed E-state index contributed by atoms with van der Waals surface area (Å²) in [4.78, 5) is 33.6. The van der Waals surface area contributed by atoms with Crippen molar-refractivity contribution in [3.63, 3.8) is 0 Å². The monoisotopic (exact) mass is 612 g/mol. The van der Waals surface area contributed by atoms with Gasteiger partial charge in [-0.1, -0.05) is 72.4 Å². The van der Waals surface area contributed by atoms with Crippen LogP contribution in [0.25, 0.3) is 0 Å². The Morgan fingerprint density at radius 3 is 2.16 bits per heavy atom. The normalized spacial score (nSPS) is 22.7. The van der Waals surface area contributed by atoms with E-state index in [1.807, 2.05) is 43.4 Å². The van der Waals surface area contributed by atoms with Crippen LogP contribution in [0, 0.1) is 11.3 Å². The van der Waals surface area contributed by atoms with Gasteiger partial charge in [0.25, 0.3) is 0 Å². The molecule has 0 radical (unpaired) electrons. The summed E-state index contributed by atoms with van der Waals surface area (Å²) in [5.41, 5.74) is 10.1. The van der Waals surface area contributed by atoms with Crippen LogP contribution >= 0.6 is 11.8 Å². The minimum Gasteiger partial charge on any atom is -0.354 e. The van der Waals surface area contributed by atoms with Gasteiger partial charge in [0.15, 0.2) is 0 Å². The fraction of sp³-hybridized carbons (Fsp3) is 0.400. The highest BCUT2D eigenvalue weighted by molar-refractivity contribution is 7.99. The molecule has 1 fully saturated rings. The molecule has 3 atom stereocenters. The second-order valence-electron chi connectivity index (χ2n) is 12.0. The van der Waals surface area contributed by atoms with Crippen molar-refractivity contribution >= 4 is 29.4 Å². The molecular weight excluding hydrogens is 568 g/mol. The number of carbonyl (C=O) groups is 2. The Morgan fingerprint density at radius 1 is 0.886 bits per heavy atom. The average molecular weight is 613 g/mol. The third-order valence-corrected chi connectivity index (χ3v) is 10.0. The highest BCUT2D eigenvalue weighted by Crippen LogP contribution is 2.38. The molecule has 2 aliphatic rings. The standard InChI is InChI=1S/C35H44N6O2S/c1-23-34(42)39-29(20-24-12-14-25(21-36)15-13-24)35(43)38-19-18-26-8-4-6-10-30(26)44-31-11-7-5-9-28(31)22-40(2)32(27-16-17-27)33(37)41(23)3/h4-15,23,27,29,32,37H,16-22,36H2,1-3H3,(H,38,43)(H,39,42). The fourth-order valence-corrected chi connectivity index (χ4v) is 6.91. The van der Waals surface area contributed by atoms with E-state index in [0.717, 1.165) is 34.4 Å². The highest BCUT2D eigenvalue weighted by atomic mass is 32.2. The number of hydrogen-bond acceptors (Lipinski definition) is 6. The molecule has 0 spiro atoms. The van der Waals surface area contributed by atoms with Crippen molar-refractivity contribution in [2.24, 2.45) is 11.7 Å². The van der Waals surface area contributed by atoms with Crippen LogP contribution in [-0.2, 0) is 35.5 Å². The Balaban J connectivity index is 1.46. The van der Waals surface area contributed by atoms with E-state index < -0.39 is 12.1 Å². The third-order valence-electron chi connectivity index (χ3n) is 8.77. The van der Waals surface area contributed by atoms with Crippen LogP contribution in [0.4, 0.5) is 0 Å². The number of nitrogens with two attached hydrogens (primary N) is 1. The number of rotatable bonds is 4. The molecule has 9 heteroatoms. The van der Waals surface area contributed by atoms with Gasteiger partial charge in [-0.2, -0.15) is 0 Å². The largest absolute Gasteiger partial charge is 0.354 e. The Morgan fingerprint density at radius 2 is 1.50 bits per heavy atom. The van der Waals surface area contributed by atoms with E-state index in [0.29, 0.717) is 44.2 Å². The van der Waals surface area contributed by atoms with Crippen molar-refractivity contribution in [1.82, 2.24) is 20.4 Å². The quantitative estimate of drug-likeness (QED) is 0.351. The molecule has 1 heterocycles. The number of likely N-dealkylation sites (N-methyl/N-ethyl adjacent to an activating group) is 2. The minimum absolute atomic E-state index is 0.111. The van der Waals surface area contributed by atoms with Gasteiger partial charge in [-0.05, 0) is 73.5 Å². The molecule has 1 aliphatic heterocycles. The van der Waals surface area contributed by atoms with Crippen LogP contribution < -0.4 is 16.4 Å². The van der Waals surface area contributed by atoms with Crippen LogP contribution in [0.2, 0.25) is 0 Å². The van der Waals surface area contributed by atoms with Crippen LogP contribution in [0.1, 0.15) is 42.0 Å². The van der Waals surface area contributed by atoms with Gasteiger partial charge >= 0.3 is 0 Å². The summed E-state index contributed by atoms with van der Waals surface area (Å²) in [6.45, 7) is 3.39. The van der Waals surface area contributed by atoms with E-state index in [2.05, 4.69) is 59.0 Å². The zero-order valence-corrected chi connectivity index (χ0v) is 26.7. The lowest BCUT2D eigenvalue weighted by Crippen LogP contribution is -2.56. The Hall–Kier alpha value is -3.66. The second-order valence-corrected chi connectivity index (χ2v) is 13.1. The molecule has 8 nitrogen and oxygen atoms in total. The maximum absolute atomic E-state index is 13.6. The van der Waals surface area contributed by atoms with Gasteiger partial charge in [-0.3, -0.25) is 19.9 Å². The number of benzene rings is 3. The number of amidine groups is 1. The van der Waals surface area contributed by atoms with Crippen molar-refractivity contribution in [3.05, 3.63) is 95.1 Å². The van der Waals surface area contributed by atoms with Crippen molar-refractivity contribution in [2.45, 2.75) is 73.6 Å². The summed E-state index contributed by atoms with van der Waals surface area (Å²) in [5.74, 6) is 0.304. The van der Waals surface area contributed by atoms with Gasteiger partial charge in [0.2, 0.25) is 11.8 Å². The molecule has 5 rings (SSSR count). The number of carbonyl (C=O) groups excluding carboxylic acids is 2. The number of hydrogen-bond donors (Lipinski definition) is 4. The first-order valence-corrected chi connectivity index (χ1v) is 16.3. The SMILES string of the molecule is CC1C(=O)NC(Cc2ccc(CN)cc2)C(=O)NCCc2ccccc2Sc2ccccc2CN(C)C(C2CC2)C(=N)N1C. The molecule has 232 valence electrons. The highest BCUT2D eigenvalue weighted by Gasteiger charge is 2.40. The first kappa shape index (κ1) is 31.8. The number of nitrogens with one attached hydrogen (secondary N) is 3. The van der Waals surface area contributed by atoms with Gasteiger partial charge in [-0.25, -0.2) is 0 Å². The van der Waals surface area contributed by atoms with Crippen molar-refractivity contribution in [1.29, 1.82) is 5.41 Å². The van der Waals surface area contributed by atoms with Crippen molar-refractivity contribution in [3.8, 4) is 0 Å². The lowest BCUT2D eigenvalue weighted by molar-refractivity contribution is -0.130. The summed E-state index contributed by atoms with van der Waals surface area (Å²) in [6.07, 6.45) is 3.16. The van der Waals surface area contributed by atoms with E-state index in [1.54, 1.807) is 23.6 Å². The Kier molecular flexibility index (Phi) is 10.4. The van der Waals surface area contributed by atoms with Gasteiger partial charge in [-0.15, -0.1) is 0 Å². The third kappa shape index (κ3) is 7.70. The second kappa shape index (κ2) is 14.4. The van der Waals surface area contributed by atoms with Gasteiger partial charge in [0, 0.05) is 42.9 Å². The zero-order chi connectivity index (χ0) is 31.2. The number of fused-ring (bicyclic) bond motifs is 2. The molecule has 0 saturated heterocycles. The zero-order valence-electron chi connectivity index (χ0n) is 25.9. The number of nitrogens with zero attached hydrogens (tertiary/aromatic N) is 2. The molecule has 1 saturated carbocycles. The van der Waals surface area contributed by atoms with Crippen LogP contribution in [0.15, 0.2) is 82.6 Å². The van der Waals surface area contributed by atoms with Crippen LogP contribution in [0.5, 0.6) is 0 Å². The summed E-state index contributed by atoms with van der Waals surface area (Å²) >= 11 is 1.75. The molecule has 3 aromatic carbocycles. The molecule has 5 N–H and O–H groups in total. The molecule has 0 bridgehead atoms. The predicted octanol–water partition coefficient (Wildman–Crippen LogP) is 4.20. The first-order chi connectivity index (χ1) is 21.2. The molecule has 2 amide bonds. The fourth-order valence-electron chi connectivity index (χ4n) is 5.82.